The summed E-state index contributed by atoms with van der Waals surface area (Å²) in [4.78, 5) is 7.11. The predicted molar refractivity (Wildman–Crippen MR) is 76.4 cm³/mol. The molecule has 0 bridgehead atoms. The van der Waals surface area contributed by atoms with E-state index < -0.39 is 23.0 Å². The largest absolute Gasteiger partial charge is 0.480 e. The third kappa shape index (κ3) is 3.36. The minimum absolute atomic E-state index is 0.00451. The van der Waals surface area contributed by atoms with Gasteiger partial charge in [0.1, 0.15) is 36.3 Å². The van der Waals surface area contributed by atoms with Crippen molar-refractivity contribution in [3.63, 3.8) is 0 Å². The number of ether oxygens (including phenoxy) is 1. The zero-order valence-electron chi connectivity index (χ0n) is 11.4. The quantitative estimate of drug-likeness (QED) is 0.797. The highest BCUT2D eigenvalue weighted by Crippen LogP contribution is 2.36. The summed E-state index contributed by atoms with van der Waals surface area (Å²) in [7, 11) is 0. The smallest absolute Gasteiger partial charge is 0.281 e. The molecule has 0 fully saturated rings. The SMILES string of the molecule is C#CCOc1cc(-c2ncnc(C(F)F)c2Cl)c(F)cc1C#N. The predicted octanol–water partition coefficient (Wildman–Crippen LogP) is 3.76. The van der Waals surface area contributed by atoms with Gasteiger partial charge in [-0.25, -0.2) is 23.1 Å². The van der Waals surface area contributed by atoms with Crippen LogP contribution in [0.25, 0.3) is 11.3 Å². The van der Waals surface area contributed by atoms with Crippen LogP contribution in [0.15, 0.2) is 18.5 Å². The van der Waals surface area contributed by atoms with Gasteiger partial charge < -0.3 is 4.74 Å². The minimum atomic E-state index is -2.94. The molecule has 0 radical (unpaired) electrons. The molecule has 1 aromatic carbocycles. The maximum absolute atomic E-state index is 14.2. The Morgan fingerprint density at radius 2 is 2.09 bits per heavy atom. The molecule has 1 heterocycles. The van der Waals surface area contributed by atoms with Crippen molar-refractivity contribution < 1.29 is 17.9 Å². The molecule has 0 atom stereocenters. The van der Waals surface area contributed by atoms with E-state index in [4.69, 9.17) is 28.0 Å². The van der Waals surface area contributed by atoms with Crippen molar-refractivity contribution in [3.05, 3.63) is 40.6 Å². The molecular formula is C15H7ClF3N3O. The van der Waals surface area contributed by atoms with E-state index in [2.05, 4.69) is 15.9 Å². The van der Waals surface area contributed by atoms with Crippen molar-refractivity contribution in [3.8, 4) is 35.4 Å². The summed E-state index contributed by atoms with van der Waals surface area (Å²) >= 11 is 5.83. The highest BCUT2D eigenvalue weighted by molar-refractivity contribution is 6.33. The van der Waals surface area contributed by atoms with E-state index >= 15 is 0 Å². The summed E-state index contributed by atoms with van der Waals surface area (Å²) in [5.74, 6) is 1.33. The Morgan fingerprint density at radius 1 is 1.35 bits per heavy atom. The van der Waals surface area contributed by atoms with Crippen LogP contribution < -0.4 is 4.74 Å². The van der Waals surface area contributed by atoms with Gasteiger partial charge in [-0.2, -0.15) is 5.26 Å². The van der Waals surface area contributed by atoms with Gasteiger partial charge in [0.2, 0.25) is 0 Å². The van der Waals surface area contributed by atoms with Crippen LogP contribution in [-0.2, 0) is 0 Å². The molecule has 116 valence electrons. The van der Waals surface area contributed by atoms with Crippen molar-refractivity contribution in [2.24, 2.45) is 0 Å². The Kier molecular flexibility index (Phi) is 5.05. The van der Waals surface area contributed by atoms with Crippen LogP contribution >= 0.6 is 11.6 Å². The number of hydrogen-bond acceptors (Lipinski definition) is 4. The number of halogens is 4. The number of terminal acetylenes is 1. The van der Waals surface area contributed by atoms with Crippen LogP contribution in [-0.4, -0.2) is 16.6 Å². The summed E-state index contributed by atoms with van der Waals surface area (Å²) in [6.45, 7) is -0.153. The molecule has 0 saturated heterocycles. The van der Waals surface area contributed by atoms with E-state index in [1.54, 1.807) is 6.07 Å². The van der Waals surface area contributed by atoms with Crippen molar-refractivity contribution >= 4 is 11.6 Å². The second-order valence-corrected chi connectivity index (χ2v) is 4.53. The summed E-state index contributed by atoms with van der Waals surface area (Å²) in [5, 5.41) is 8.50. The monoisotopic (exact) mass is 337 g/mol. The molecule has 0 N–H and O–H groups in total. The second kappa shape index (κ2) is 6.99. The highest BCUT2D eigenvalue weighted by atomic mass is 35.5. The van der Waals surface area contributed by atoms with Crippen LogP contribution in [0, 0.1) is 29.5 Å². The molecule has 8 heteroatoms. The normalized spacial score (nSPS) is 10.2. The molecule has 0 aliphatic heterocycles. The minimum Gasteiger partial charge on any atom is -0.480 e. The Morgan fingerprint density at radius 3 is 2.70 bits per heavy atom. The van der Waals surface area contributed by atoms with Crippen LogP contribution in [0.2, 0.25) is 5.02 Å². The van der Waals surface area contributed by atoms with Crippen LogP contribution in [0.1, 0.15) is 17.7 Å². The third-order valence-electron chi connectivity index (χ3n) is 2.78. The van der Waals surface area contributed by atoms with Crippen molar-refractivity contribution in [2.45, 2.75) is 6.43 Å². The Hall–Kier alpha value is -2.77. The first-order chi connectivity index (χ1) is 11.0. The van der Waals surface area contributed by atoms with Gasteiger partial charge in [0.25, 0.3) is 6.43 Å². The van der Waals surface area contributed by atoms with Gasteiger partial charge in [0, 0.05) is 5.56 Å². The molecular weight excluding hydrogens is 331 g/mol. The zero-order valence-corrected chi connectivity index (χ0v) is 12.1. The van der Waals surface area contributed by atoms with E-state index in [1.807, 2.05) is 0 Å². The Bertz CT molecular complexity index is 828. The number of benzene rings is 1. The Balaban J connectivity index is 2.63. The van der Waals surface area contributed by atoms with Crippen molar-refractivity contribution in [2.75, 3.05) is 6.61 Å². The fourth-order valence-corrected chi connectivity index (χ4v) is 2.07. The van der Waals surface area contributed by atoms with Gasteiger partial charge in [-0.15, -0.1) is 6.42 Å². The van der Waals surface area contributed by atoms with Crippen LogP contribution in [0.4, 0.5) is 13.2 Å². The lowest BCUT2D eigenvalue weighted by Gasteiger charge is -2.11. The first-order valence-electron chi connectivity index (χ1n) is 6.08. The van der Waals surface area contributed by atoms with Crippen LogP contribution in [0.3, 0.4) is 0 Å². The number of rotatable bonds is 4. The average Bonchev–Trinajstić information content (AvgIpc) is 2.53. The lowest BCUT2D eigenvalue weighted by Crippen LogP contribution is -2.01. The standard InChI is InChI=1S/C15H7ClF3N3O/c1-2-3-23-11-5-9(10(17)4-8(11)6-20)13-12(16)14(15(18)19)22-7-21-13/h1,4-5,7,15H,3H2. The first kappa shape index (κ1) is 16.6. The fraction of sp³-hybridized carbons (Fsp3) is 0.133. The molecule has 0 amide bonds. The van der Waals surface area contributed by atoms with Gasteiger partial charge in [0.15, 0.2) is 0 Å². The molecule has 0 unspecified atom stereocenters. The van der Waals surface area contributed by atoms with Gasteiger partial charge >= 0.3 is 0 Å². The maximum atomic E-state index is 14.2. The topological polar surface area (TPSA) is 58.8 Å². The molecule has 2 aromatic rings. The summed E-state index contributed by atoms with van der Waals surface area (Å²) in [6.07, 6.45) is 2.97. The molecule has 2 rings (SSSR count). The number of hydrogen-bond donors (Lipinski definition) is 0. The molecule has 1 aromatic heterocycles. The van der Waals surface area contributed by atoms with Crippen LogP contribution in [0.5, 0.6) is 5.75 Å². The van der Waals surface area contributed by atoms with E-state index in [0.29, 0.717) is 0 Å². The highest BCUT2D eigenvalue weighted by Gasteiger charge is 2.21. The second-order valence-electron chi connectivity index (χ2n) is 4.16. The van der Waals surface area contributed by atoms with Gasteiger partial charge in [0.05, 0.1) is 16.3 Å². The van der Waals surface area contributed by atoms with Gasteiger partial charge in [-0.1, -0.05) is 17.5 Å². The molecule has 0 aliphatic rings. The van der Waals surface area contributed by atoms with Crippen molar-refractivity contribution in [1.82, 2.24) is 9.97 Å². The first-order valence-corrected chi connectivity index (χ1v) is 6.46. The summed E-state index contributed by atoms with van der Waals surface area (Å²) in [6, 6.07) is 3.77. The van der Waals surface area contributed by atoms with E-state index in [1.165, 1.54) is 0 Å². The molecule has 0 spiro atoms. The summed E-state index contributed by atoms with van der Waals surface area (Å²) < 4.78 is 45.0. The molecule has 23 heavy (non-hydrogen) atoms. The Labute approximate surface area is 134 Å². The zero-order chi connectivity index (χ0) is 17.0. The van der Waals surface area contributed by atoms with Gasteiger partial charge in [-0.05, 0) is 12.1 Å². The maximum Gasteiger partial charge on any atom is 0.281 e. The van der Waals surface area contributed by atoms with E-state index in [9.17, 15) is 13.2 Å². The molecule has 4 nitrogen and oxygen atoms in total. The molecule has 0 saturated carbocycles. The van der Waals surface area contributed by atoms with Crippen molar-refractivity contribution in [1.29, 1.82) is 5.26 Å². The van der Waals surface area contributed by atoms with E-state index in [-0.39, 0.29) is 29.2 Å². The molecule has 0 aliphatic carbocycles. The fourth-order valence-electron chi connectivity index (χ4n) is 1.78. The number of nitriles is 1. The van der Waals surface area contributed by atoms with Gasteiger partial charge in [-0.3, -0.25) is 0 Å². The third-order valence-corrected chi connectivity index (χ3v) is 3.15. The lowest BCUT2D eigenvalue weighted by molar-refractivity contribution is 0.146. The lowest BCUT2D eigenvalue weighted by atomic mass is 10.1. The number of alkyl halides is 2. The van der Waals surface area contributed by atoms with E-state index in [0.717, 1.165) is 18.5 Å². The number of aromatic nitrogens is 2. The number of nitrogens with zero attached hydrogens (tertiary/aromatic N) is 3. The summed E-state index contributed by atoms with van der Waals surface area (Å²) in [5.41, 5.74) is -1.25. The average molecular weight is 338 g/mol.